The lowest BCUT2D eigenvalue weighted by Crippen LogP contribution is -2.30. The Hall–Kier alpha value is -1.55. The summed E-state index contributed by atoms with van der Waals surface area (Å²) in [5.74, 6) is 0.168. The Kier molecular flexibility index (Phi) is 6.96. The summed E-state index contributed by atoms with van der Waals surface area (Å²) < 4.78 is 0. The molecule has 7 heteroatoms. The third kappa shape index (κ3) is 6.03. The standard InChI is InChI=1S/C9H13N3O3S/c1-7(16-6-4-5-10)11-15-9(14)12(3)8(2)13/h4,6H2,1-3H3/b11-7+. The summed E-state index contributed by atoms with van der Waals surface area (Å²) in [4.78, 5) is 27.2. The molecule has 0 bridgehead atoms. The highest BCUT2D eigenvalue weighted by Crippen LogP contribution is 2.06. The molecule has 0 aliphatic carbocycles. The molecule has 0 radical (unpaired) electrons. The van der Waals surface area contributed by atoms with E-state index in [1.165, 1.54) is 25.7 Å². The molecule has 0 rings (SSSR count). The van der Waals surface area contributed by atoms with Crippen LogP contribution in [0.15, 0.2) is 5.16 Å². The Labute approximate surface area is 98.2 Å². The Morgan fingerprint density at radius 2 is 2.12 bits per heavy atom. The number of imide groups is 1. The maximum absolute atomic E-state index is 11.1. The Bertz CT molecular complexity index is 335. The normalized spacial score (nSPS) is 10.5. The molecule has 0 aromatic heterocycles. The fourth-order valence-corrected chi connectivity index (χ4v) is 1.14. The monoisotopic (exact) mass is 243 g/mol. The van der Waals surface area contributed by atoms with Crippen molar-refractivity contribution < 1.29 is 14.4 Å². The fourth-order valence-electron chi connectivity index (χ4n) is 0.564. The van der Waals surface area contributed by atoms with E-state index in [2.05, 4.69) is 9.99 Å². The number of thioether (sulfide) groups is 1. The molecule has 0 spiro atoms. The molecule has 2 amide bonds. The van der Waals surface area contributed by atoms with Crippen molar-refractivity contribution in [1.29, 1.82) is 5.26 Å². The van der Waals surface area contributed by atoms with Gasteiger partial charge in [-0.05, 0) is 6.92 Å². The summed E-state index contributed by atoms with van der Waals surface area (Å²) in [6, 6.07) is 1.98. The van der Waals surface area contributed by atoms with Gasteiger partial charge < -0.3 is 0 Å². The molecule has 0 aliphatic heterocycles. The van der Waals surface area contributed by atoms with E-state index in [1.807, 2.05) is 6.07 Å². The van der Waals surface area contributed by atoms with Gasteiger partial charge in [0, 0.05) is 26.1 Å². The van der Waals surface area contributed by atoms with Crippen LogP contribution in [0.1, 0.15) is 20.3 Å². The number of carbonyl (C=O) groups is 2. The first-order valence-corrected chi connectivity index (χ1v) is 5.47. The van der Waals surface area contributed by atoms with Gasteiger partial charge in [0.15, 0.2) is 0 Å². The van der Waals surface area contributed by atoms with Crippen molar-refractivity contribution in [2.24, 2.45) is 5.16 Å². The molecule has 6 nitrogen and oxygen atoms in total. The van der Waals surface area contributed by atoms with Crippen LogP contribution in [0.3, 0.4) is 0 Å². The SMILES string of the molecule is CC(=O)N(C)C(=O)O/N=C(\C)SCCC#N. The van der Waals surface area contributed by atoms with Crippen LogP contribution in [0.4, 0.5) is 4.79 Å². The van der Waals surface area contributed by atoms with Gasteiger partial charge in [0.1, 0.15) is 5.04 Å². The largest absolute Gasteiger partial charge is 0.442 e. The van der Waals surface area contributed by atoms with Gasteiger partial charge in [-0.2, -0.15) is 5.26 Å². The molecule has 0 aromatic carbocycles. The fraction of sp³-hybridized carbons (Fsp3) is 0.556. The second-order valence-electron chi connectivity index (χ2n) is 2.80. The minimum absolute atomic E-state index is 0.402. The molecule has 0 fully saturated rings. The summed E-state index contributed by atoms with van der Waals surface area (Å²) in [6.07, 6.45) is -0.425. The predicted octanol–water partition coefficient (Wildman–Crippen LogP) is 1.58. The van der Waals surface area contributed by atoms with E-state index >= 15 is 0 Å². The smallest absolute Gasteiger partial charge is 0.297 e. The van der Waals surface area contributed by atoms with Crippen molar-refractivity contribution in [3.63, 3.8) is 0 Å². The number of rotatable bonds is 3. The molecule has 0 unspecified atom stereocenters. The number of oxime groups is 1. The Morgan fingerprint density at radius 1 is 1.50 bits per heavy atom. The van der Waals surface area contributed by atoms with Crippen LogP contribution in [0.2, 0.25) is 0 Å². The number of nitriles is 1. The van der Waals surface area contributed by atoms with Crippen molar-refractivity contribution in [2.75, 3.05) is 12.8 Å². The highest BCUT2D eigenvalue weighted by atomic mass is 32.2. The zero-order valence-electron chi connectivity index (χ0n) is 9.39. The molecule has 0 atom stereocenters. The van der Waals surface area contributed by atoms with Crippen LogP contribution < -0.4 is 0 Å². The second kappa shape index (κ2) is 7.70. The Morgan fingerprint density at radius 3 is 2.62 bits per heavy atom. The van der Waals surface area contributed by atoms with Gasteiger partial charge in [-0.25, -0.2) is 9.69 Å². The summed E-state index contributed by atoms with van der Waals surface area (Å²) >= 11 is 1.31. The van der Waals surface area contributed by atoms with Gasteiger partial charge in [-0.1, -0.05) is 5.16 Å². The maximum atomic E-state index is 11.1. The summed E-state index contributed by atoms with van der Waals surface area (Å²) in [5, 5.41) is 12.4. The summed E-state index contributed by atoms with van der Waals surface area (Å²) in [6.45, 7) is 2.91. The van der Waals surface area contributed by atoms with Crippen LogP contribution >= 0.6 is 11.8 Å². The van der Waals surface area contributed by atoms with Crippen LogP contribution in [0.5, 0.6) is 0 Å². The predicted molar refractivity (Wildman–Crippen MR) is 60.7 cm³/mol. The van der Waals surface area contributed by atoms with Crippen LogP contribution in [-0.2, 0) is 9.63 Å². The van der Waals surface area contributed by atoms with E-state index in [0.717, 1.165) is 4.90 Å². The molecular weight excluding hydrogens is 230 g/mol. The average Bonchev–Trinajstić information content (AvgIpc) is 2.25. The number of hydrogen-bond acceptors (Lipinski definition) is 6. The van der Waals surface area contributed by atoms with E-state index < -0.39 is 12.0 Å². The average molecular weight is 243 g/mol. The summed E-state index contributed by atoms with van der Waals surface area (Å²) in [7, 11) is 1.30. The molecule has 0 aromatic rings. The van der Waals surface area contributed by atoms with Gasteiger partial charge in [0.25, 0.3) is 0 Å². The van der Waals surface area contributed by atoms with Crippen molar-refractivity contribution in [3.05, 3.63) is 0 Å². The lowest BCUT2D eigenvalue weighted by atomic mass is 10.6. The van der Waals surface area contributed by atoms with Crippen molar-refractivity contribution >= 4 is 28.8 Å². The van der Waals surface area contributed by atoms with Crippen molar-refractivity contribution in [2.45, 2.75) is 20.3 Å². The molecular formula is C9H13N3O3S. The minimum atomic E-state index is -0.826. The zero-order chi connectivity index (χ0) is 12.6. The van der Waals surface area contributed by atoms with E-state index in [4.69, 9.17) is 5.26 Å². The topological polar surface area (TPSA) is 82.8 Å². The molecule has 88 valence electrons. The third-order valence-corrected chi connectivity index (χ3v) is 2.42. The summed E-state index contributed by atoms with van der Waals surface area (Å²) in [5.41, 5.74) is 0. The first kappa shape index (κ1) is 14.5. The third-order valence-electron chi connectivity index (χ3n) is 1.52. The van der Waals surface area contributed by atoms with E-state index in [-0.39, 0.29) is 0 Å². The molecule has 0 N–H and O–H groups in total. The van der Waals surface area contributed by atoms with E-state index in [1.54, 1.807) is 6.92 Å². The number of hydrogen-bond donors (Lipinski definition) is 0. The first-order valence-electron chi connectivity index (χ1n) is 4.48. The molecule has 0 heterocycles. The lowest BCUT2D eigenvalue weighted by molar-refractivity contribution is -0.126. The van der Waals surface area contributed by atoms with Gasteiger partial charge >= 0.3 is 6.09 Å². The maximum Gasteiger partial charge on any atom is 0.442 e. The van der Waals surface area contributed by atoms with Crippen LogP contribution in [0.25, 0.3) is 0 Å². The zero-order valence-corrected chi connectivity index (χ0v) is 10.2. The van der Waals surface area contributed by atoms with Gasteiger partial charge in [0.05, 0.1) is 6.07 Å². The highest BCUT2D eigenvalue weighted by Gasteiger charge is 2.13. The lowest BCUT2D eigenvalue weighted by Gasteiger charge is -2.09. The van der Waals surface area contributed by atoms with Gasteiger partial charge in [-0.15, -0.1) is 11.8 Å². The molecule has 0 aliphatic rings. The molecule has 0 saturated heterocycles. The minimum Gasteiger partial charge on any atom is -0.297 e. The quantitative estimate of drug-likeness (QED) is 0.247. The number of carbonyl (C=O) groups excluding carboxylic acids is 2. The second-order valence-corrected chi connectivity index (χ2v) is 4.09. The van der Waals surface area contributed by atoms with Crippen molar-refractivity contribution in [3.8, 4) is 6.07 Å². The number of amides is 2. The van der Waals surface area contributed by atoms with E-state index in [9.17, 15) is 9.59 Å². The molecule has 0 saturated carbocycles. The Balaban J connectivity index is 4.02. The molecule has 16 heavy (non-hydrogen) atoms. The highest BCUT2D eigenvalue weighted by molar-refractivity contribution is 8.13. The van der Waals surface area contributed by atoms with E-state index in [0.29, 0.717) is 17.2 Å². The van der Waals surface area contributed by atoms with Crippen LogP contribution in [0, 0.1) is 11.3 Å². The number of nitrogens with zero attached hydrogens (tertiary/aromatic N) is 3. The van der Waals surface area contributed by atoms with Crippen LogP contribution in [-0.4, -0.2) is 34.7 Å². The van der Waals surface area contributed by atoms with Crippen molar-refractivity contribution in [1.82, 2.24) is 4.90 Å². The van der Waals surface area contributed by atoms with Gasteiger partial charge in [-0.3, -0.25) is 9.63 Å². The van der Waals surface area contributed by atoms with Gasteiger partial charge in [0.2, 0.25) is 5.91 Å². The first-order chi connectivity index (χ1) is 7.49.